The van der Waals surface area contributed by atoms with E-state index in [1.54, 1.807) is 4.68 Å². The van der Waals surface area contributed by atoms with Gasteiger partial charge >= 0.3 is 0 Å². The highest BCUT2D eigenvalue weighted by Gasteiger charge is 2.13. The first-order valence-electron chi connectivity index (χ1n) is 5.99. The van der Waals surface area contributed by atoms with Crippen molar-refractivity contribution in [3.8, 4) is 5.69 Å². The Morgan fingerprint density at radius 1 is 0.895 bits per heavy atom. The zero-order valence-corrected chi connectivity index (χ0v) is 10.5. The van der Waals surface area contributed by atoms with E-state index in [0.717, 1.165) is 11.4 Å². The minimum absolute atomic E-state index is 0.678. The number of hydrogen-bond donors (Lipinski definition) is 0. The highest BCUT2D eigenvalue weighted by molar-refractivity contribution is 5.57. The fourth-order valence-electron chi connectivity index (χ4n) is 1.89. The highest BCUT2D eigenvalue weighted by Crippen LogP contribution is 2.22. The summed E-state index contributed by atoms with van der Waals surface area (Å²) >= 11 is 0. The summed E-state index contributed by atoms with van der Waals surface area (Å²) in [7, 11) is 1.94. The van der Waals surface area contributed by atoms with Crippen molar-refractivity contribution in [3.05, 3.63) is 60.7 Å². The molecule has 0 N–H and O–H groups in total. The number of hydrogen-bond acceptors (Lipinski definition) is 4. The van der Waals surface area contributed by atoms with Crippen LogP contribution in [0.15, 0.2) is 60.7 Å². The third kappa shape index (κ3) is 2.18. The van der Waals surface area contributed by atoms with Crippen LogP contribution in [0.25, 0.3) is 5.69 Å². The van der Waals surface area contributed by atoms with Crippen molar-refractivity contribution >= 4 is 11.6 Å². The molecule has 0 saturated carbocycles. The Hall–Kier alpha value is -2.69. The van der Waals surface area contributed by atoms with Gasteiger partial charge in [0, 0.05) is 12.7 Å². The van der Waals surface area contributed by atoms with Gasteiger partial charge in [-0.25, -0.2) is 0 Å². The summed E-state index contributed by atoms with van der Waals surface area (Å²) in [6.45, 7) is 0. The third-order valence-corrected chi connectivity index (χ3v) is 2.90. The van der Waals surface area contributed by atoms with Crippen LogP contribution in [0.5, 0.6) is 0 Å². The molecule has 5 nitrogen and oxygen atoms in total. The molecule has 94 valence electrons. The molecule has 5 heteroatoms. The maximum Gasteiger partial charge on any atom is 0.254 e. The largest absolute Gasteiger partial charge is 0.312 e. The molecule has 1 aromatic heterocycles. The molecule has 3 aromatic rings. The fourth-order valence-corrected chi connectivity index (χ4v) is 1.89. The van der Waals surface area contributed by atoms with Crippen LogP contribution in [-0.2, 0) is 0 Å². The maximum absolute atomic E-state index is 4.10. The molecule has 0 unspecified atom stereocenters. The topological polar surface area (TPSA) is 46.8 Å². The van der Waals surface area contributed by atoms with Gasteiger partial charge < -0.3 is 4.90 Å². The van der Waals surface area contributed by atoms with Gasteiger partial charge in [0.1, 0.15) is 0 Å². The summed E-state index contributed by atoms with van der Waals surface area (Å²) < 4.78 is 1.72. The fraction of sp³-hybridized carbons (Fsp3) is 0.0714. The Kier molecular flexibility index (Phi) is 2.94. The predicted octanol–water partition coefficient (Wildman–Crippen LogP) is 2.43. The standard InChI is InChI=1S/C14H13N5/c1-18(12-8-4-2-5-9-12)14-15-16-17-19(14)13-10-6-3-7-11-13/h2-11H,1H3. The number of nitrogens with zero attached hydrogens (tertiary/aromatic N) is 5. The van der Waals surface area contributed by atoms with Crippen LogP contribution in [0.3, 0.4) is 0 Å². The summed E-state index contributed by atoms with van der Waals surface area (Å²) in [6.07, 6.45) is 0. The van der Waals surface area contributed by atoms with Gasteiger partial charge in [-0.1, -0.05) is 41.5 Å². The Bertz CT molecular complexity index is 648. The van der Waals surface area contributed by atoms with E-state index in [0.29, 0.717) is 5.95 Å². The summed E-state index contributed by atoms with van der Waals surface area (Å²) in [5.41, 5.74) is 1.97. The van der Waals surface area contributed by atoms with E-state index in [4.69, 9.17) is 0 Å². The third-order valence-electron chi connectivity index (χ3n) is 2.90. The molecule has 3 rings (SSSR count). The van der Waals surface area contributed by atoms with Crippen molar-refractivity contribution in [2.45, 2.75) is 0 Å². The van der Waals surface area contributed by atoms with Crippen molar-refractivity contribution in [1.29, 1.82) is 0 Å². The van der Waals surface area contributed by atoms with E-state index in [1.807, 2.05) is 72.6 Å². The SMILES string of the molecule is CN(c1ccccc1)c1nnnn1-c1ccccc1. The van der Waals surface area contributed by atoms with Gasteiger partial charge in [-0.2, -0.15) is 4.68 Å². The van der Waals surface area contributed by atoms with Crippen LogP contribution in [0.4, 0.5) is 11.6 Å². The first-order valence-corrected chi connectivity index (χ1v) is 5.99. The number of tetrazole rings is 1. The molecule has 0 aliphatic carbocycles. The molecule has 1 heterocycles. The van der Waals surface area contributed by atoms with E-state index in [9.17, 15) is 0 Å². The predicted molar refractivity (Wildman–Crippen MR) is 73.7 cm³/mol. The lowest BCUT2D eigenvalue weighted by Crippen LogP contribution is -2.15. The van der Waals surface area contributed by atoms with E-state index in [-0.39, 0.29) is 0 Å². The molecule has 19 heavy (non-hydrogen) atoms. The van der Waals surface area contributed by atoms with Crippen molar-refractivity contribution in [1.82, 2.24) is 20.2 Å². The minimum Gasteiger partial charge on any atom is -0.312 e. The molecule has 0 saturated heterocycles. The molecule has 0 atom stereocenters. The van der Waals surface area contributed by atoms with Gasteiger partial charge in [0.05, 0.1) is 5.69 Å². The monoisotopic (exact) mass is 251 g/mol. The van der Waals surface area contributed by atoms with Gasteiger partial charge in [0.15, 0.2) is 0 Å². The van der Waals surface area contributed by atoms with Crippen molar-refractivity contribution in [3.63, 3.8) is 0 Å². The van der Waals surface area contributed by atoms with E-state index in [1.165, 1.54) is 0 Å². The van der Waals surface area contributed by atoms with Crippen LogP contribution in [0.1, 0.15) is 0 Å². The molecular formula is C14H13N5. The van der Waals surface area contributed by atoms with Gasteiger partial charge in [-0.05, 0) is 34.7 Å². The smallest absolute Gasteiger partial charge is 0.254 e. The molecular weight excluding hydrogens is 238 g/mol. The molecule has 0 amide bonds. The van der Waals surface area contributed by atoms with Crippen LogP contribution < -0.4 is 4.90 Å². The molecule has 0 spiro atoms. The molecule has 2 aromatic carbocycles. The number of aromatic nitrogens is 4. The molecule has 0 radical (unpaired) electrons. The molecule has 0 aliphatic heterocycles. The average molecular weight is 251 g/mol. The van der Waals surface area contributed by atoms with Crippen molar-refractivity contribution < 1.29 is 0 Å². The zero-order chi connectivity index (χ0) is 13.1. The Labute approximate surface area is 111 Å². The van der Waals surface area contributed by atoms with E-state index < -0.39 is 0 Å². The van der Waals surface area contributed by atoms with Gasteiger partial charge in [-0.3, -0.25) is 0 Å². The zero-order valence-electron chi connectivity index (χ0n) is 10.5. The van der Waals surface area contributed by atoms with Crippen LogP contribution in [0, 0.1) is 0 Å². The second-order valence-electron chi connectivity index (χ2n) is 4.12. The summed E-state index contributed by atoms with van der Waals surface area (Å²) in [5, 5.41) is 11.9. The lowest BCUT2D eigenvalue weighted by atomic mass is 10.3. The first-order chi connectivity index (χ1) is 9.36. The number of rotatable bonds is 3. The van der Waals surface area contributed by atoms with Crippen LogP contribution >= 0.6 is 0 Å². The summed E-state index contributed by atoms with van der Waals surface area (Å²) in [4.78, 5) is 1.95. The normalized spacial score (nSPS) is 10.4. The molecule has 0 bridgehead atoms. The van der Waals surface area contributed by atoms with Crippen molar-refractivity contribution in [2.24, 2.45) is 0 Å². The van der Waals surface area contributed by atoms with Gasteiger partial charge in [0.2, 0.25) is 0 Å². The van der Waals surface area contributed by atoms with Crippen LogP contribution in [-0.4, -0.2) is 27.3 Å². The number of anilines is 2. The average Bonchev–Trinajstić information content (AvgIpc) is 2.98. The van der Waals surface area contributed by atoms with E-state index in [2.05, 4.69) is 15.5 Å². The Morgan fingerprint density at radius 3 is 2.21 bits per heavy atom. The van der Waals surface area contributed by atoms with Crippen molar-refractivity contribution in [2.75, 3.05) is 11.9 Å². The summed E-state index contributed by atoms with van der Waals surface area (Å²) in [5.74, 6) is 0.678. The number of benzene rings is 2. The first kappa shape index (κ1) is 11.4. The molecule has 0 aliphatic rings. The molecule has 0 fully saturated rings. The Balaban J connectivity index is 2.01. The highest BCUT2D eigenvalue weighted by atomic mass is 15.6. The van der Waals surface area contributed by atoms with Gasteiger partial charge in [-0.15, -0.1) is 0 Å². The van der Waals surface area contributed by atoms with E-state index >= 15 is 0 Å². The van der Waals surface area contributed by atoms with Gasteiger partial charge in [0.25, 0.3) is 5.95 Å². The lowest BCUT2D eigenvalue weighted by Gasteiger charge is -2.17. The Morgan fingerprint density at radius 2 is 1.53 bits per heavy atom. The maximum atomic E-state index is 4.10. The quantitative estimate of drug-likeness (QED) is 0.717. The number of para-hydroxylation sites is 2. The minimum atomic E-state index is 0.678. The summed E-state index contributed by atoms with van der Waals surface area (Å²) in [6, 6.07) is 19.8. The van der Waals surface area contributed by atoms with Crippen LogP contribution in [0.2, 0.25) is 0 Å². The second-order valence-corrected chi connectivity index (χ2v) is 4.12. The second kappa shape index (κ2) is 4.89. The lowest BCUT2D eigenvalue weighted by molar-refractivity contribution is 0.786.